The summed E-state index contributed by atoms with van der Waals surface area (Å²) >= 11 is 0. The monoisotopic (exact) mass is 268 g/mol. The molecule has 0 heterocycles. The van der Waals surface area contributed by atoms with E-state index < -0.39 is 5.60 Å². The molecular formula is C18H36O. The lowest BCUT2D eigenvalue weighted by Gasteiger charge is -2.23. The molecule has 1 aliphatic rings. The summed E-state index contributed by atoms with van der Waals surface area (Å²) in [5, 5.41) is 10.3. The highest BCUT2D eigenvalue weighted by molar-refractivity contribution is 4.72. The standard InChI is InChI=1S/C18H36O/c1-18(19)16-14-12-10-8-6-4-2-3-5-7-9-11-13-15-17-18/h19H,2-17H2,1H3. The van der Waals surface area contributed by atoms with Gasteiger partial charge in [0, 0.05) is 0 Å². The third-order valence-electron chi connectivity index (χ3n) is 4.68. The zero-order valence-corrected chi connectivity index (χ0v) is 13.3. The summed E-state index contributed by atoms with van der Waals surface area (Å²) in [5.41, 5.74) is -0.395. The van der Waals surface area contributed by atoms with Crippen molar-refractivity contribution in [2.45, 2.75) is 115 Å². The predicted octanol–water partition coefficient (Wildman–Crippen LogP) is 5.99. The van der Waals surface area contributed by atoms with Gasteiger partial charge in [-0.05, 0) is 19.8 Å². The van der Waals surface area contributed by atoms with Gasteiger partial charge in [-0.25, -0.2) is 0 Å². The van der Waals surface area contributed by atoms with Gasteiger partial charge in [0.25, 0.3) is 0 Å². The van der Waals surface area contributed by atoms with Crippen LogP contribution in [-0.4, -0.2) is 10.7 Å². The van der Waals surface area contributed by atoms with E-state index in [0.717, 1.165) is 12.8 Å². The molecule has 0 spiro atoms. The first-order chi connectivity index (χ1) is 9.21. The molecule has 1 heteroatoms. The van der Waals surface area contributed by atoms with Crippen LogP contribution in [0, 0.1) is 0 Å². The van der Waals surface area contributed by atoms with Gasteiger partial charge in [0.15, 0.2) is 0 Å². The minimum Gasteiger partial charge on any atom is -0.390 e. The quantitative estimate of drug-likeness (QED) is 0.572. The molecule has 0 atom stereocenters. The average molecular weight is 268 g/mol. The second-order valence-corrected chi connectivity index (χ2v) is 6.95. The molecule has 0 aromatic heterocycles. The fourth-order valence-corrected chi connectivity index (χ4v) is 3.26. The highest BCUT2D eigenvalue weighted by atomic mass is 16.3. The Morgan fingerprint density at radius 2 is 0.684 bits per heavy atom. The van der Waals surface area contributed by atoms with E-state index in [4.69, 9.17) is 0 Å². The molecule has 19 heavy (non-hydrogen) atoms. The summed E-state index contributed by atoms with van der Waals surface area (Å²) in [4.78, 5) is 0. The van der Waals surface area contributed by atoms with Gasteiger partial charge in [-0.3, -0.25) is 0 Å². The molecule has 0 saturated heterocycles. The van der Waals surface area contributed by atoms with Gasteiger partial charge in [0.05, 0.1) is 5.60 Å². The van der Waals surface area contributed by atoms with Gasteiger partial charge in [0.1, 0.15) is 0 Å². The van der Waals surface area contributed by atoms with Crippen molar-refractivity contribution in [2.75, 3.05) is 0 Å². The zero-order chi connectivity index (χ0) is 13.8. The molecule has 0 aliphatic heterocycles. The fraction of sp³-hybridized carbons (Fsp3) is 1.00. The Balaban J connectivity index is 2.20. The third kappa shape index (κ3) is 10.4. The first-order valence-corrected chi connectivity index (χ1v) is 8.93. The highest BCUT2D eigenvalue weighted by Crippen LogP contribution is 2.23. The number of hydrogen-bond acceptors (Lipinski definition) is 1. The average Bonchev–Trinajstić information content (AvgIpc) is 2.37. The molecule has 0 aromatic carbocycles. The molecule has 0 aromatic rings. The van der Waals surface area contributed by atoms with Crippen LogP contribution in [0.4, 0.5) is 0 Å². The Hall–Kier alpha value is -0.0400. The summed E-state index contributed by atoms with van der Waals surface area (Å²) in [5.74, 6) is 0. The van der Waals surface area contributed by atoms with Crippen molar-refractivity contribution >= 4 is 0 Å². The second-order valence-electron chi connectivity index (χ2n) is 6.95. The van der Waals surface area contributed by atoms with Crippen LogP contribution < -0.4 is 0 Å². The first kappa shape index (κ1) is 17.0. The minimum atomic E-state index is -0.395. The smallest absolute Gasteiger partial charge is 0.0619 e. The van der Waals surface area contributed by atoms with E-state index in [0.29, 0.717) is 0 Å². The molecular weight excluding hydrogens is 232 g/mol. The normalized spacial score (nSPS) is 25.6. The molecule has 1 N–H and O–H groups in total. The Bertz CT molecular complexity index is 178. The Morgan fingerprint density at radius 1 is 0.474 bits per heavy atom. The first-order valence-electron chi connectivity index (χ1n) is 8.93. The van der Waals surface area contributed by atoms with Crippen LogP contribution in [0.3, 0.4) is 0 Å². The lowest BCUT2D eigenvalue weighted by Crippen LogP contribution is -2.23. The van der Waals surface area contributed by atoms with E-state index in [1.807, 2.05) is 6.92 Å². The fourth-order valence-electron chi connectivity index (χ4n) is 3.26. The van der Waals surface area contributed by atoms with Gasteiger partial charge in [-0.2, -0.15) is 0 Å². The Labute approximate surface area is 121 Å². The largest absolute Gasteiger partial charge is 0.390 e. The highest BCUT2D eigenvalue weighted by Gasteiger charge is 2.18. The molecule has 0 radical (unpaired) electrons. The topological polar surface area (TPSA) is 20.2 Å². The second kappa shape index (κ2) is 10.7. The minimum absolute atomic E-state index is 0.395. The van der Waals surface area contributed by atoms with E-state index in [1.54, 1.807) is 0 Å². The molecule has 1 aliphatic carbocycles. The number of hydrogen-bond donors (Lipinski definition) is 1. The van der Waals surface area contributed by atoms with E-state index in [-0.39, 0.29) is 0 Å². The van der Waals surface area contributed by atoms with Crippen LogP contribution in [-0.2, 0) is 0 Å². The van der Waals surface area contributed by atoms with Crippen molar-refractivity contribution in [3.05, 3.63) is 0 Å². The lowest BCUT2D eigenvalue weighted by atomic mass is 9.91. The summed E-state index contributed by atoms with van der Waals surface area (Å²) < 4.78 is 0. The maximum absolute atomic E-state index is 10.3. The molecule has 114 valence electrons. The van der Waals surface area contributed by atoms with Crippen molar-refractivity contribution in [1.82, 2.24) is 0 Å². The Kier molecular flexibility index (Phi) is 9.59. The molecule has 0 amide bonds. The van der Waals surface area contributed by atoms with E-state index in [1.165, 1.54) is 89.9 Å². The van der Waals surface area contributed by atoms with Gasteiger partial charge in [-0.1, -0.05) is 89.9 Å². The van der Waals surface area contributed by atoms with Crippen LogP contribution >= 0.6 is 0 Å². The molecule has 0 unspecified atom stereocenters. The molecule has 1 nitrogen and oxygen atoms in total. The van der Waals surface area contributed by atoms with Crippen LogP contribution in [0.2, 0.25) is 0 Å². The van der Waals surface area contributed by atoms with Crippen LogP contribution in [0.1, 0.15) is 110 Å². The zero-order valence-electron chi connectivity index (χ0n) is 13.3. The van der Waals surface area contributed by atoms with E-state index in [9.17, 15) is 5.11 Å². The van der Waals surface area contributed by atoms with Crippen LogP contribution in [0.5, 0.6) is 0 Å². The van der Waals surface area contributed by atoms with Crippen molar-refractivity contribution in [3.8, 4) is 0 Å². The van der Waals surface area contributed by atoms with Gasteiger partial charge < -0.3 is 5.11 Å². The third-order valence-corrected chi connectivity index (χ3v) is 4.68. The Morgan fingerprint density at radius 3 is 0.947 bits per heavy atom. The van der Waals surface area contributed by atoms with Gasteiger partial charge in [-0.15, -0.1) is 0 Å². The van der Waals surface area contributed by atoms with Crippen LogP contribution in [0.25, 0.3) is 0 Å². The number of rotatable bonds is 0. The van der Waals surface area contributed by atoms with Crippen molar-refractivity contribution in [3.63, 3.8) is 0 Å². The van der Waals surface area contributed by atoms with E-state index in [2.05, 4.69) is 0 Å². The molecule has 1 saturated carbocycles. The summed E-state index contributed by atoms with van der Waals surface area (Å²) in [6.07, 6.45) is 21.3. The van der Waals surface area contributed by atoms with Crippen LogP contribution in [0.15, 0.2) is 0 Å². The predicted molar refractivity (Wildman–Crippen MR) is 84.5 cm³/mol. The summed E-state index contributed by atoms with van der Waals surface area (Å²) in [6, 6.07) is 0. The van der Waals surface area contributed by atoms with Gasteiger partial charge >= 0.3 is 0 Å². The summed E-state index contributed by atoms with van der Waals surface area (Å²) in [7, 11) is 0. The maximum Gasteiger partial charge on any atom is 0.0619 e. The van der Waals surface area contributed by atoms with Gasteiger partial charge in [0.2, 0.25) is 0 Å². The molecule has 1 fully saturated rings. The molecule has 1 rings (SSSR count). The molecule has 0 bridgehead atoms. The number of aliphatic hydroxyl groups is 1. The van der Waals surface area contributed by atoms with E-state index >= 15 is 0 Å². The van der Waals surface area contributed by atoms with Crippen molar-refractivity contribution < 1.29 is 5.11 Å². The maximum atomic E-state index is 10.3. The van der Waals surface area contributed by atoms with Crippen molar-refractivity contribution in [2.24, 2.45) is 0 Å². The summed E-state index contributed by atoms with van der Waals surface area (Å²) in [6.45, 7) is 2.04. The lowest BCUT2D eigenvalue weighted by molar-refractivity contribution is 0.0366. The SMILES string of the molecule is CC1(O)CCCCCCCCCCCCCCCC1. The van der Waals surface area contributed by atoms with Crippen molar-refractivity contribution in [1.29, 1.82) is 0 Å².